The van der Waals surface area contributed by atoms with Gasteiger partial charge in [0.25, 0.3) is 5.91 Å². The van der Waals surface area contributed by atoms with Gasteiger partial charge in [0.05, 0.1) is 24.4 Å². The van der Waals surface area contributed by atoms with E-state index in [0.717, 1.165) is 4.88 Å². The first-order chi connectivity index (χ1) is 14.7. The molecule has 0 saturated carbocycles. The molecule has 12 heteroatoms. The minimum Gasteiger partial charge on any atom is -0.452 e. The number of pyridine rings is 1. The lowest BCUT2D eigenvalue weighted by molar-refractivity contribution is -0.138. The Morgan fingerprint density at radius 2 is 2.03 bits per heavy atom. The third kappa shape index (κ3) is 8.58. The molecule has 31 heavy (non-hydrogen) atoms. The second kappa shape index (κ2) is 11.7. The minimum absolute atomic E-state index is 0.141. The van der Waals surface area contributed by atoms with Crippen LogP contribution in [0.2, 0.25) is 0 Å². The van der Waals surface area contributed by atoms with Crippen LogP contribution in [0.4, 0.5) is 13.2 Å². The van der Waals surface area contributed by atoms with Crippen LogP contribution in [-0.2, 0) is 20.9 Å². The molecule has 168 valence electrons. The van der Waals surface area contributed by atoms with Crippen LogP contribution in [0.25, 0.3) is 0 Å². The second-order valence-electron chi connectivity index (χ2n) is 6.10. The van der Waals surface area contributed by atoms with Gasteiger partial charge in [0.2, 0.25) is 5.91 Å². The van der Waals surface area contributed by atoms with E-state index in [-0.39, 0.29) is 29.6 Å². The largest absolute Gasteiger partial charge is 0.452 e. The number of hydrogen-bond acceptors (Lipinski definition) is 7. The smallest absolute Gasteiger partial charge is 0.398 e. The molecule has 2 aromatic heterocycles. The van der Waals surface area contributed by atoms with Crippen LogP contribution in [0.3, 0.4) is 0 Å². The number of amides is 2. The molecule has 0 unspecified atom stereocenters. The highest BCUT2D eigenvalue weighted by Crippen LogP contribution is 2.28. The molecule has 0 aromatic carbocycles. The summed E-state index contributed by atoms with van der Waals surface area (Å²) in [6.45, 7) is 1.36. The Bertz CT molecular complexity index is 892. The van der Waals surface area contributed by atoms with E-state index in [4.69, 9.17) is 4.74 Å². The average molecular weight is 476 g/mol. The molecule has 0 aliphatic carbocycles. The van der Waals surface area contributed by atoms with Crippen LogP contribution in [0.5, 0.6) is 0 Å². The number of carbonyl (C=O) groups excluding carboxylic acids is 3. The van der Waals surface area contributed by atoms with Crippen molar-refractivity contribution < 1.29 is 32.3 Å². The third-order valence-electron chi connectivity index (χ3n) is 3.80. The molecule has 2 rings (SSSR count). The van der Waals surface area contributed by atoms with Crippen molar-refractivity contribution in [3.05, 3.63) is 46.3 Å². The molecule has 7 nitrogen and oxygen atoms in total. The summed E-state index contributed by atoms with van der Waals surface area (Å²) in [5.74, 6) is -3.15. The van der Waals surface area contributed by atoms with Gasteiger partial charge >= 0.3 is 12.1 Å². The van der Waals surface area contributed by atoms with Gasteiger partial charge in [-0.1, -0.05) is 17.8 Å². The van der Waals surface area contributed by atoms with E-state index in [0.29, 0.717) is 18.3 Å². The lowest BCUT2D eigenvalue weighted by Crippen LogP contribution is -2.42. The summed E-state index contributed by atoms with van der Waals surface area (Å²) in [6, 6.07) is 6.38. The normalized spacial score (nSPS) is 11.1. The number of thioether (sulfide) groups is 1. The Kier molecular flexibility index (Phi) is 9.31. The van der Waals surface area contributed by atoms with E-state index >= 15 is 0 Å². The highest BCUT2D eigenvalue weighted by molar-refractivity contribution is 7.99. The van der Waals surface area contributed by atoms with Crippen molar-refractivity contribution >= 4 is 40.9 Å². The van der Waals surface area contributed by atoms with E-state index in [2.05, 4.69) is 10.3 Å². The number of nitrogens with zero attached hydrogens (tertiary/aromatic N) is 2. The van der Waals surface area contributed by atoms with Gasteiger partial charge in [-0.25, -0.2) is 9.78 Å². The van der Waals surface area contributed by atoms with E-state index in [9.17, 15) is 27.6 Å². The Morgan fingerprint density at radius 1 is 1.26 bits per heavy atom. The molecule has 0 fully saturated rings. The Labute approximate surface area is 185 Å². The summed E-state index contributed by atoms with van der Waals surface area (Å²) in [5, 5.41) is 4.44. The van der Waals surface area contributed by atoms with Crippen LogP contribution in [-0.4, -0.2) is 59.3 Å². The molecule has 2 aromatic rings. The number of thiophene rings is 1. The summed E-state index contributed by atoms with van der Waals surface area (Å²) in [4.78, 5) is 42.6. The number of halogens is 3. The fourth-order valence-corrected chi connectivity index (χ4v) is 3.70. The highest BCUT2D eigenvalue weighted by Gasteiger charge is 2.29. The van der Waals surface area contributed by atoms with Gasteiger partial charge in [0.1, 0.15) is 5.03 Å². The van der Waals surface area contributed by atoms with Gasteiger partial charge in [0.15, 0.2) is 6.61 Å². The Balaban J connectivity index is 1.87. The number of carbonyl (C=O) groups is 3. The molecule has 0 atom stereocenters. The number of alkyl halides is 3. The van der Waals surface area contributed by atoms with Crippen molar-refractivity contribution in [3.8, 4) is 0 Å². The van der Waals surface area contributed by atoms with Crippen molar-refractivity contribution in [2.45, 2.75) is 24.7 Å². The zero-order valence-corrected chi connectivity index (χ0v) is 18.1. The Hall–Kier alpha value is -2.60. The monoisotopic (exact) mass is 475 g/mol. The van der Waals surface area contributed by atoms with Crippen molar-refractivity contribution in [2.75, 3.05) is 25.4 Å². The zero-order chi connectivity index (χ0) is 22.9. The first-order valence-electron chi connectivity index (χ1n) is 9.08. The number of hydrogen-bond donors (Lipinski definition) is 1. The molecule has 0 saturated heterocycles. The van der Waals surface area contributed by atoms with E-state index in [1.54, 1.807) is 6.92 Å². The SMILES string of the molecule is CCN(CC(=O)NCc1cccs1)C(=O)COC(=O)c1cccnc1SCC(F)(F)F. The molecule has 2 amide bonds. The predicted octanol–water partition coefficient (Wildman–Crippen LogP) is 3.12. The molecule has 0 aliphatic rings. The van der Waals surface area contributed by atoms with Crippen LogP contribution in [0.1, 0.15) is 22.2 Å². The van der Waals surface area contributed by atoms with Gasteiger partial charge in [-0.15, -0.1) is 11.3 Å². The van der Waals surface area contributed by atoms with Crippen LogP contribution in [0.15, 0.2) is 40.9 Å². The first kappa shape index (κ1) is 24.7. The summed E-state index contributed by atoms with van der Waals surface area (Å²) in [6.07, 6.45) is -3.17. The van der Waals surface area contributed by atoms with Gasteiger partial charge in [-0.2, -0.15) is 13.2 Å². The van der Waals surface area contributed by atoms with Gasteiger partial charge in [0, 0.05) is 17.6 Å². The Morgan fingerprint density at radius 3 is 2.68 bits per heavy atom. The fraction of sp³-hybridized carbons (Fsp3) is 0.368. The summed E-state index contributed by atoms with van der Waals surface area (Å²) < 4.78 is 42.3. The summed E-state index contributed by atoms with van der Waals surface area (Å²) >= 11 is 1.84. The molecule has 0 aliphatic heterocycles. The van der Waals surface area contributed by atoms with Gasteiger partial charge in [-0.3, -0.25) is 9.59 Å². The van der Waals surface area contributed by atoms with E-state index in [1.807, 2.05) is 17.5 Å². The number of likely N-dealkylation sites (N-methyl/N-ethyl adjacent to an activating group) is 1. The number of aromatic nitrogens is 1. The molecule has 0 radical (unpaired) electrons. The number of rotatable bonds is 10. The number of nitrogens with one attached hydrogen (secondary N) is 1. The first-order valence-corrected chi connectivity index (χ1v) is 10.9. The molecular formula is C19H20F3N3O4S2. The lowest BCUT2D eigenvalue weighted by atomic mass is 10.3. The molecule has 2 heterocycles. The molecule has 0 spiro atoms. The minimum atomic E-state index is -4.43. The standard InChI is InChI=1S/C19H20F3N3O4S2/c1-2-25(10-15(26)24-9-13-5-4-8-30-13)16(27)11-29-18(28)14-6-3-7-23-17(14)31-12-19(20,21)22/h3-8H,2,9-12H2,1H3,(H,24,26). The number of esters is 1. The van der Waals surface area contributed by atoms with E-state index in [1.165, 1.54) is 34.6 Å². The van der Waals surface area contributed by atoms with Crippen LogP contribution >= 0.6 is 23.1 Å². The van der Waals surface area contributed by atoms with Crippen molar-refractivity contribution in [1.29, 1.82) is 0 Å². The zero-order valence-electron chi connectivity index (χ0n) is 16.5. The van der Waals surface area contributed by atoms with Crippen molar-refractivity contribution in [1.82, 2.24) is 15.2 Å². The summed E-state index contributed by atoms with van der Waals surface area (Å²) in [7, 11) is 0. The number of ether oxygens (including phenoxy) is 1. The summed E-state index contributed by atoms with van der Waals surface area (Å²) in [5.41, 5.74) is -0.165. The topological polar surface area (TPSA) is 88.6 Å². The van der Waals surface area contributed by atoms with Gasteiger partial charge in [-0.05, 0) is 30.5 Å². The quantitative estimate of drug-likeness (QED) is 0.420. The molecule has 0 bridgehead atoms. The lowest BCUT2D eigenvalue weighted by Gasteiger charge is -2.20. The second-order valence-corrected chi connectivity index (χ2v) is 8.10. The highest BCUT2D eigenvalue weighted by atomic mass is 32.2. The maximum Gasteiger partial charge on any atom is 0.398 e. The van der Waals surface area contributed by atoms with Crippen molar-refractivity contribution in [2.24, 2.45) is 0 Å². The van der Waals surface area contributed by atoms with Crippen LogP contribution in [0, 0.1) is 0 Å². The molecule has 1 N–H and O–H groups in total. The van der Waals surface area contributed by atoms with E-state index < -0.39 is 30.4 Å². The molecular weight excluding hydrogens is 455 g/mol. The van der Waals surface area contributed by atoms with Crippen LogP contribution < -0.4 is 5.32 Å². The average Bonchev–Trinajstić information content (AvgIpc) is 3.26. The maximum atomic E-state index is 12.4. The fourth-order valence-electron chi connectivity index (χ4n) is 2.31. The maximum absolute atomic E-state index is 12.4. The van der Waals surface area contributed by atoms with Gasteiger partial charge < -0.3 is 15.0 Å². The third-order valence-corrected chi connectivity index (χ3v) is 5.75. The predicted molar refractivity (Wildman–Crippen MR) is 110 cm³/mol. The van der Waals surface area contributed by atoms with Crippen molar-refractivity contribution in [3.63, 3.8) is 0 Å².